The fourth-order valence-electron chi connectivity index (χ4n) is 2.75. The number of halogens is 5. The maximum absolute atomic E-state index is 12.2. The normalized spacial score (nSPS) is 11.4. The van der Waals surface area contributed by atoms with Crippen LogP contribution in [0.1, 0.15) is 11.3 Å². The molecule has 186 valence electrons. The average Bonchev–Trinajstić information content (AvgIpc) is 3.05. The van der Waals surface area contributed by atoms with Crippen LogP contribution in [0.3, 0.4) is 0 Å². The second-order valence-electron chi connectivity index (χ2n) is 7.00. The number of hydrogen-bond acceptors (Lipinski definition) is 6. The smallest absolute Gasteiger partial charge is 0.425 e. The maximum Gasteiger partial charge on any atom is 0.425 e. The third-order valence-corrected chi connectivity index (χ3v) is 4.59. The molecule has 1 heterocycles. The Morgan fingerprint density at radius 3 is 2.06 bits per heavy atom. The van der Waals surface area contributed by atoms with Crippen molar-refractivity contribution in [2.24, 2.45) is 12.2 Å². The van der Waals surface area contributed by atoms with Crippen molar-refractivity contribution in [3.05, 3.63) is 70.4 Å². The van der Waals surface area contributed by atoms with Crippen LogP contribution in [-0.2, 0) is 11.9 Å². The zero-order valence-corrected chi connectivity index (χ0v) is 20.1. The third-order valence-electron chi connectivity index (χ3n) is 4.28. The van der Waals surface area contributed by atoms with E-state index in [4.69, 9.17) is 37.4 Å². The number of oxime groups is 1. The van der Waals surface area contributed by atoms with Gasteiger partial charge in [0.2, 0.25) is 12.5 Å². The molecule has 0 N–H and O–H groups in total. The number of nitrogens with zero attached hydrogens (tertiary/aromatic N) is 3. The van der Waals surface area contributed by atoms with E-state index in [1.54, 1.807) is 62.5 Å². The van der Waals surface area contributed by atoms with Gasteiger partial charge in [0.05, 0.1) is 17.5 Å². The van der Waals surface area contributed by atoms with Gasteiger partial charge in [0, 0.05) is 7.05 Å². The second-order valence-corrected chi connectivity index (χ2v) is 8.01. The Balaban J connectivity index is 1.62. The Bertz CT molecular complexity index is 1170. The summed E-state index contributed by atoms with van der Waals surface area (Å²) in [5, 5.41) is 7.59. The van der Waals surface area contributed by atoms with Crippen LogP contribution in [0.4, 0.5) is 13.2 Å². The van der Waals surface area contributed by atoms with Gasteiger partial charge in [0.1, 0.15) is 34.1 Å². The number of ether oxygens (including phenoxy) is 3. The van der Waals surface area contributed by atoms with Gasteiger partial charge in [-0.05, 0) is 61.5 Å². The molecule has 3 rings (SSSR count). The molecule has 0 spiro atoms. The first kappa shape index (κ1) is 26.2. The van der Waals surface area contributed by atoms with Crippen LogP contribution in [0.15, 0.2) is 64.3 Å². The Morgan fingerprint density at radius 2 is 1.51 bits per heavy atom. The Labute approximate surface area is 209 Å². The van der Waals surface area contributed by atoms with Crippen molar-refractivity contribution in [3.8, 4) is 28.9 Å². The minimum Gasteiger partial charge on any atom is -0.489 e. The van der Waals surface area contributed by atoms with Crippen molar-refractivity contribution in [2.45, 2.75) is 13.1 Å². The molecule has 0 aliphatic heterocycles. The number of rotatable bonds is 10. The number of aryl methyl sites for hydroxylation is 2. The maximum atomic E-state index is 12.2. The first-order valence-electron chi connectivity index (χ1n) is 10.1. The van der Waals surface area contributed by atoms with Crippen LogP contribution in [-0.4, -0.2) is 35.4 Å². The first-order chi connectivity index (χ1) is 16.6. The third kappa shape index (κ3) is 8.41. The van der Waals surface area contributed by atoms with Gasteiger partial charge in [0.25, 0.3) is 0 Å². The van der Waals surface area contributed by atoms with Gasteiger partial charge in [-0.25, -0.2) is 4.68 Å². The van der Waals surface area contributed by atoms with E-state index in [1.807, 2.05) is 0 Å². The fourth-order valence-corrected chi connectivity index (χ4v) is 2.88. The quantitative estimate of drug-likeness (QED) is 0.210. The molecule has 0 saturated carbocycles. The summed E-state index contributed by atoms with van der Waals surface area (Å²) in [4.78, 5) is 4.29. The SMILES string of the molecule is Cc1nn(C)c(Oc2ccc(Oc3ccc(OCC=C(Cl)Cl)cc3)cc2)c1C=NOCC(F)(F)F. The van der Waals surface area contributed by atoms with Gasteiger partial charge in [-0.2, -0.15) is 18.3 Å². The Morgan fingerprint density at radius 1 is 0.971 bits per heavy atom. The van der Waals surface area contributed by atoms with Gasteiger partial charge in [-0.1, -0.05) is 28.4 Å². The summed E-state index contributed by atoms with van der Waals surface area (Å²) in [5.41, 5.74) is 0.900. The van der Waals surface area contributed by atoms with Gasteiger partial charge in [-0.15, -0.1) is 0 Å². The molecule has 1 aromatic heterocycles. The number of aromatic nitrogens is 2. The van der Waals surface area contributed by atoms with Crippen molar-refractivity contribution in [3.63, 3.8) is 0 Å². The molecular formula is C23H20Cl2F3N3O4. The van der Waals surface area contributed by atoms with E-state index < -0.39 is 12.8 Å². The summed E-state index contributed by atoms with van der Waals surface area (Å²) >= 11 is 11.1. The molecule has 0 aliphatic carbocycles. The van der Waals surface area contributed by atoms with E-state index in [1.165, 1.54) is 10.8 Å². The Hall–Kier alpha value is -3.37. The van der Waals surface area contributed by atoms with Gasteiger partial charge >= 0.3 is 6.18 Å². The molecular weight excluding hydrogens is 510 g/mol. The molecule has 0 radical (unpaired) electrons. The lowest BCUT2D eigenvalue weighted by molar-refractivity contribution is -0.173. The number of hydrogen-bond donors (Lipinski definition) is 0. The summed E-state index contributed by atoms with van der Waals surface area (Å²) in [6, 6.07) is 13.8. The summed E-state index contributed by atoms with van der Waals surface area (Å²) in [5.74, 6) is 2.53. The molecule has 0 saturated heterocycles. The van der Waals surface area contributed by atoms with Crippen molar-refractivity contribution in [1.29, 1.82) is 0 Å². The summed E-state index contributed by atoms with van der Waals surface area (Å²) < 4.78 is 55.4. The molecule has 7 nitrogen and oxygen atoms in total. The summed E-state index contributed by atoms with van der Waals surface area (Å²) in [6.07, 6.45) is -1.81. The minimum atomic E-state index is -4.48. The van der Waals surface area contributed by atoms with E-state index in [0.717, 1.165) is 6.21 Å². The zero-order valence-electron chi connectivity index (χ0n) is 18.6. The van der Waals surface area contributed by atoms with Crippen molar-refractivity contribution >= 4 is 29.4 Å². The number of benzene rings is 2. The Kier molecular flexibility index (Phi) is 8.89. The highest BCUT2D eigenvalue weighted by Gasteiger charge is 2.28. The second kappa shape index (κ2) is 11.9. The molecule has 0 aliphatic rings. The molecule has 0 fully saturated rings. The number of alkyl halides is 3. The van der Waals surface area contributed by atoms with E-state index in [9.17, 15) is 13.2 Å². The van der Waals surface area contributed by atoms with Crippen LogP contribution < -0.4 is 14.2 Å². The zero-order chi connectivity index (χ0) is 25.4. The highest BCUT2D eigenvalue weighted by Crippen LogP contribution is 2.30. The lowest BCUT2D eigenvalue weighted by Gasteiger charge is -2.10. The average molecular weight is 530 g/mol. The molecule has 0 atom stereocenters. The van der Waals surface area contributed by atoms with Gasteiger partial charge < -0.3 is 19.0 Å². The monoisotopic (exact) mass is 529 g/mol. The lowest BCUT2D eigenvalue weighted by Crippen LogP contribution is -2.14. The van der Waals surface area contributed by atoms with E-state index in [0.29, 0.717) is 34.3 Å². The van der Waals surface area contributed by atoms with Crippen LogP contribution in [0, 0.1) is 6.92 Å². The van der Waals surface area contributed by atoms with Crippen LogP contribution >= 0.6 is 23.2 Å². The highest BCUT2D eigenvalue weighted by molar-refractivity contribution is 6.55. The lowest BCUT2D eigenvalue weighted by atomic mass is 10.2. The predicted octanol–water partition coefficient (Wildman–Crippen LogP) is 6.92. The molecule has 35 heavy (non-hydrogen) atoms. The van der Waals surface area contributed by atoms with E-state index >= 15 is 0 Å². The van der Waals surface area contributed by atoms with E-state index in [-0.39, 0.29) is 17.0 Å². The summed E-state index contributed by atoms with van der Waals surface area (Å²) in [6.45, 7) is 0.430. The summed E-state index contributed by atoms with van der Waals surface area (Å²) in [7, 11) is 1.64. The van der Waals surface area contributed by atoms with Gasteiger partial charge in [0.15, 0.2) is 0 Å². The molecule has 0 amide bonds. The van der Waals surface area contributed by atoms with Crippen molar-refractivity contribution in [2.75, 3.05) is 13.2 Å². The van der Waals surface area contributed by atoms with Crippen LogP contribution in [0.5, 0.6) is 28.9 Å². The van der Waals surface area contributed by atoms with Gasteiger partial charge in [-0.3, -0.25) is 0 Å². The standard InChI is InChI=1S/C23H20Cl2F3N3O4/c1-15-20(13-29-33-14-23(26,27)28)22(31(2)30-15)35-19-9-7-18(8-10-19)34-17-5-3-16(4-6-17)32-12-11-21(24)25/h3-11,13H,12,14H2,1-2H3. The van der Waals surface area contributed by atoms with Crippen molar-refractivity contribution in [1.82, 2.24) is 9.78 Å². The van der Waals surface area contributed by atoms with Crippen molar-refractivity contribution < 1.29 is 32.2 Å². The topological polar surface area (TPSA) is 67.1 Å². The fraction of sp³-hybridized carbons (Fsp3) is 0.217. The largest absolute Gasteiger partial charge is 0.489 e. The van der Waals surface area contributed by atoms with Crippen LogP contribution in [0.2, 0.25) is 0 Å². The van der Waals surface area contributed by atoms with E-state index in [2.05, 4.69) is 15.1 Å². The molecule has 2 aromatic carbocycles. The van der Waals surface area contributed by atoms with Crippen LogP contribution in [0.25, 0.3) is 0 Å². The molecule has 0 unspecified atom stereocenters. The molecule has 3 aromatic rings. The molecule has 12 heteroatoms. The minimum absolute atomic E-state index is 0.134. The first-order valence-corrected chi connectivity index (χ1v) is 10.8. The highest BCUT2D eigenvalue weighted by atomic mass is 35.5. The molecule has 0 bridgehead atoms. The predicted molar refractivity (Wildman–Crippen MR) is 126 cm³/mol.